The number of nitrogens with one attached hydrogen (secondary N) is 1. The van der Waals surface area contributed by atoms with Gasteiger partial charge in [0.2, 0.25) is 0 Å². The average molecular weight is 367 g/mol. The molecule has 5 heteroatoms. The Hall–Kier alpha value is -0.420. The summed E-state index contributed by atoms with van der Waals surface area (Å²) in [5.74, 6) is -0.713. The van der Waals surface area contributed by atoms with E-state index in [4.69, 9.17) is 0 Å². The molecule has 0 heterocycles. The molecule has 1 aromatic rings. The van der Waals surface area contributed by atoms with Gasteiger partial charge in [-0.05, 0) is 41.4 Å². The fourth-order valence-corrected chi connectivity index (χ4v) is 2.22. The quantitative estimate of drug-likeness (QED) is 0.805. The van der Waals surface area contributed by atoms with Crippen molar-refractivity contribution in [3.8, 4) is 0 Å². The lowest BCUT2D eigenvalue weighted by Gasteiger charge is -2.27. The summed E-state index contributed by atoms with van der Waals surface area (Å²) in [5, 5.41) is 3.54. The Kier molecular flexibility index (Phi) is 5.13. The van der Waals surface area contributed by atoms with Gasteiger partial charge in [-0.15, -0.1) is 0 Å². The molecular formula is C12H14Br2FNO. The highest BCUT2D eigenvalue weighted by Gasteiger charge is 2.24. The highest BCUT2D eigenvalue weighted by atomic mass is 79.9. The van der Waals surface area contributed by atoms with Crippen LogP contribution in [0.5, 0.6) is 0 Å². The van der Waals surface area contributed by atoms with Crippen molar-refractivity contribution in [2.45, 2.75) is 25.8 Å². The summed E-state index contributed by atoms with van der Waals surface area (Å²) in [7, 11) is 0. The Morgan fingerprint density at radius 2 is 2.18 bits per heavy atom. The molecule has 1 rings (SSSR count). The first-order valence-corrected chi connectivity index (χ1v) is 7.17. The lowest BCUT2D eigenvalue weighted by molar-refractivity contribution is 0.0912. The first kappa shape index (κ1) is 14.6. The van der Waals surface area contributed by atoms with Gasteiger partial charge in [0.15, 0.2) is 0 Å². The maximum Gasteiger partial charge on any atom is 0.252 e. The van der Waals surface area contributed by atoms with Crippen LogP contribution in [0.4, 0.5) is 4.39 Å². The number of halogens is 3. The minimum atomic E-state index is -0.435. The Labute approximate surface area is 117 Å². The van der Waals surface area contributed by atoms with Crippen molar-refractivity contribution in [2.24, 2.45) is 0 Å². The third-order valence-corrected chi connectivity index (χ3v) is 4.73. The van der Waals surface area contributed by atoms with Gasteiger partial charge < -0.3 is 5.32 Å². The molecule has 0 radical (unpaired) electrons. The van der Waals surface area contributed by atoms with Crippen molar-refractivity contribution in [3.63, 3.8) is 0 Å². The van der Waals surface area contributed by atoms with Gasteiger partial charge in [0.25, 0.3) is 5.91 Å². The molecule has 0 saturated carbocycles. The monoisotopic (exact) mass is 365 g/mol. The molecule has 1 amide bonds. The third-order valence-electron chi connectivity index (χ3n) is 2.69. The lowest BCUT2D eigenvalue weighted by Crippen LogP contribution is -2.47. The molecule has 0 fully saturated rings. The second-order valence-electron chi connectivity index (χ2n) is 4.10. The van der Waals surface area contributed by atoms with Crippen molar-refractivity contribution in [2.75, 3.05) is 5.33 Å². The minimum absolute atomic E-state index is 0.200. The van der Waals surface area contributed by atoms with E-state index in [1.54, 1.807) is 6.07 Å². The molecule has 0 aliphatic rings. The van der Waals surface area contributed by atoms with E-state index in [0.29, 0.717) is 10.9 Å². The van der Waals surface area contributed by atoms with Gasteiger partial charge in [-0.25, -0.2) is 4.39 Å². The first-order valence-electron chi connectivity index (χ1n) is 5.26. The Morgan fingerprint density at radius 1 is 1.53 bits per heavy atom. The number of carbonyl (C=O) groups is 1. The fraction of sp³-hybridized carbons (Fsp3) is 0.417. The number of amides is 1. The van der Waals surface area contributed by atoms with Gasteiger partial charge in [-0.2, -0.15) is 0 Å². The molecular weight excluding hydrogens is 353 g/mol. The van der Waals surface area contributed by atoms with E-state index >= 15 is 0 Å². The second-order valence-corrected chi connectivity index (χ2v) is 5.46. The highest BCUT2D eigenvalue weighted by Crippen LogP contribution is 2.22. The van der Waals surface area contributed by atoms with Crippen LogP contribution < -0.4 is 5.32 Å². The fourth-order valence-electron chi connectivity index (χ4n) is 1.24. The molecule has 0 aliphatic carbocycles. The third kappa shape index (κ3) is 3.52. The molecule has 0 spiro atoms. The predicted octanol–water partition coefficient (Wildman–Crippen LogP) is 3.88. The maximum absolute atomic E-state index is 13.3. The van der Waals surface area contributed by atoms with Crippen molar-refractivity contribution in [3.05, 3.63) is 34.1 Å². The molecule has 1 unspecified atom stereocenters. The van der Waals surface area contributed by atoms with E-state index in [1.807, 2.05) is 13.8 Å². The highest BCUT2D eigenvalue weighted by molar-refractivity contribution is 9.10. The predicted molar refractivity (Wildman–Crippen MR) is 74.1 cm³/mol. The molecule has 0 aliphatic heterocycles. The zero-order valence-corrected chi connectivity index (χ0v) is 12.9. The van der Waals surface area contributed by atoms with E-state index in [2.05, 4.69) is 37.2 Å². The van der Waals surface area contributed by atoms with Crippen molar-refractivity contribution in [1.82, 2.24) is 5.32 Å². The van der Waals surface area contributed by atoms with Crippen LogP contribution in [-0.2, 0) is 0 Å². The van der Waals surface area contributed by atoms with Gasteiger partial charge in [-0.3, -0.25) is 4.79 Å². The van der Waals surface area contributed by atoms with Crippen LogP contribution in [0.25, 0.3) is 0 Å². The molecule has 0 saturated heterocycles. The van der Waals surface area contributed by atoms with Crippen LogP contribution in [0.1, 0.15) is 30.6 Å². The molecule has 1 aromatic carbocycles. The van der Waals surface area contributed by atoms with E-state index in [9.17, 15) is 9.18 Å². The summed E-state index contributed by atoms with van der Waals surface area (Å²) in [6, 6.07) is 4.42. The summed E-state index contributed by atoms with van der Waals surface area (Å²) in [4.78, 5) is 12.0. The SMILES string of the molecule is CCC(C)(CBr)NC(=O)c1cccc(F)c1Br. The molecule has 94 valence electrons. The minimum Gasteiger partial charge on any atom is -0.346 e. The van der Waals surface area contributed by atoms with E-state index in [1.165, 1.54) is 12.1 Å². The second kappa shape index (κ2) is 5.96. The number of rotatable bonds is 4. The summed E-state index contributed by atoms with van der Waals surface area (Å²) < 4.78 is 13.5. The summed E-state index contributed by atoms with van der Waals surface area (Å²) in [5.41, 5.74) is -0.0198. The van der Waals surface area contributed by atoms with E-state index < -0.39 is 5.82 Å². The number of benzene rings is 1. The molecule has 17 heavy (non-hydrogen) atoms. The molecule has 2 nitrogen and oxygen atoms in total. The summed E-state index contributed by atoms with van der Waals surface area (Å²) >= 11 is 6.45. The maximum atomic E-state index is 13.3. The first-order chi connectivity index (χ1) is 7.93. The standard InChI is InChI=1S/C12H14Br2FNO/c1-3-12(2,7-13)16-11(17)8-5-4-6-9(15)10(8)14/h4-6H,3,7H2,1-2H3,(H,16,17). The average Bonchev–Trinajstić information content (AvgIpc) is 2.32. The van der Waals surface area contributed by atoms with Crippen molar-refractivity contribution >= 4 is 37.8 Å². The van der Waals surface area contributed by atoms with Crippen LogP contribution in [0, 0.1) is 5.82 Å². The summed E-state index contributed by atoms with van der Waals surface area (Å²) in [6.07, 6.45) is 0.789. The largest absolute Gasteiger partial charge is 0.346 e. The van der Waals surface area contributed by atoms with Crippen LogP contribution in [0.2, 0.25) is 0 Å². The Balaban J connectivity index is 2.94. The molecule has 1 N–H and O–H groups in total. The molecule has 0 bridgehead atoms. The normalized spacial score (nSPS) is 14.2. The lowest BCUT2D eigenvalue weighted by atomic mass is 10.0. The van der Waals surface area contributed by atoms with Gasteiger partial charge in [0.05, 0.1) is 10.0 Å². The number of alkyl halides is 1. The zero-order valence-electron chi connectivity index (χ0n) is 9.69. The number of hydrogen-bond acceptors (Lipinski definition) is 1. The van der Waals surface area contributed by atoms with E-state index in [0.717, 1.165) is 6.42 Å². The van der Waals surface area contributed by atoms with E-state index in [-0.39, 0.29) is 15.9 Å². The number of hydrogen-bond donors (Lipinski definition) is 1. The number of carbonyl (C=O) groups excluding carboxylic acids is 1. The van der Waals surface area contributed by atoms with Gasteiger partial charge in [0.1, 0.15) is 5.82 Å². The Morgan fingerprint density at radius 3 is 2.71 bits per heavy atom. The Bertz CT molecular complexity index is 419. The topological polar surface area (TPSA) is 29.1 Å². The van der Waals surface area contributed by atoms with Crippen LogP contribution in [0.15, 0.2) is 22.7 Å². The van der Waals surface area contributed by atoms with Crippen molar-refractivity contribution in [1.29, 1.82) is 0 Å². The van der Waals surface area contributed by atoms with Gasteiger partial charge in [-0.1, -0.05) is 28.9 Å². The smallest absolute Gasteiger partial charge is 0.252 e. The van der Waals surface area contributed by atoms with Crippen LogP contribution in [-0.4, -0.2) is 16.8 Å². The van der Waals surface area contributed by atoms with Crippen molar-refractivity contribution < 1.29 is 9.18 Å². The molecule has 1 atom stereocenters. The van der Waals surface area contributed by atoms with Gasteiger partial charge in [0, 0.05) is 10.9 Å². The van der Waals surface area contributed by atoms with Gasteiger partial charge >= 0.3 is 0 Å². The van der Waals surface area contributed by atoms with Crippen LogP contribution in [0.3, 0.4) is 0 Å². The van der Waals surface area contributed by atoms with Crippen LogP contribution >= 0.6 is 31.9 Å². The summed E-state index contributed by atoms with van der Waals surface area (Å²) in [6.45, 7) is 3.93. The molecule has 0 aromatic heterocycles. The zero-order chi connectivity index (χ0) is 13.1.